The summed E-state index contributed by atoms with van der Waals surface area (Å²) in [6, 6.07) is 6.25. The van der Waals surface area contributed by atoms with E-state index in [0.29, 0.717) is 0 Å². The average Bonchev–Trinajstić information content (AvgIpc) is 2.29. The van der Waals surface area contributed by atoms with Crippen LogP contribution in [0, 0.1) is 6.92 Å². The zero-order valence-electron chi connectivity index (χ0n) is 6.60. The molecule has 0 aliphatic carbocycles. The third kappa shape index (κ3) is 1.23. The molecule has 0 spiro atoms. The van der Waals surface area contributed by atoms with Gasteiger partial charge >= 0.3 is 0 Å². The molecule has 2 aromatic rings. The molecule has 1 heterocycles. The van der Waals surface area contributed by atoms with E-state index >= 15 is 0 Å². The summed E-state index contributed by atoms with van der Waals surface area (Å²) in [6.45, 7) is 2.06. The SMILES string of the molecule is Cc1cc(N)c2sc(Br)cc2c1. The first-order chi connectivity index (χ1) is 5.66. The van der Waals surface area contributed by atoms with Crippen LogP contribution in [0.4, 0.5) is 5.69 Å². The fourth-order valence-corrected chi connectivity index (χ4v) is 2.83. The number of halogens is 1. The smallest absolute Gasteiger partial charge is 0.0711 e. The van der Waals surface area contributed by atoms with Gasteiger partial charge in [0.05, 0.1) is 8.49 Å². The van der Waals surface area contributed by atoms with Crippen LogP contribution in [0.2, 0.25) is 0 Å². The van der Waals surface area contributed by atoms with Crippen LogP contribution in [-0.2, 0) is 0 Å². The number of nitrogen functional groups attached to an aromatic ring is 1. The molecule has 2 rings (SSSR count). The van der Waals surface area contributed by atoms with Gasteiger partial charge in [-0.15, -0.1) is 11.3 Å². The Hall–Kier alpha value is -0.540. The van der Waals surface area contributed by atoms with Crippen molar-refractivity contribution in [3.8, 4) is 0 Å². The summed E-state index contributed by atoms with van der Waals surface area (Å²) in [7, 11) is 0. The van der Waals surface area contributed by atoms with E-state index in [9.17, 15) is 0 Å². The Morgan fingerprint density at radius 1 is 1.33 bits per heavy atom. The van der Waals surface area contributed by atoms with E-state index in [1.807, 2.05) is 6.07 Å². The van der Waals surface area contributed by atoms with Crippen molar-refractivity contribution in [3.05, 3.63) is 27.5 Å². The van der Waals surface area contributed by atoms with E-state index in [-0.39, 0.29) is 0 Å². The Morgan fingerprint density at radius 3 is 2.83 bits per heavy atom. The van der Waals surface area contributed by atoms with Gasteiger partial charge in [0.1, 0.15) is 0 Å². The standard InChI is InChI=1S/C9H8BrNS/c1-5-2-6-4-8(10)12-9(6)7(11)3-5/h2-4H,11H2,1H3. The summed E-state index contributed by atoms with van der Waals surface area (Å²) >= 11 is 5.13. The van der Waals surface area contributed by atoms with Crippen LogP contribution < -0.4 is 5.73 Å². The number of rotatable bonds is 0. The van der Waals surface area contributed by atoms with Crippen LogP contribution in [0.15, 0.2) is 22.0 Å². The number of hydrogen-bond donors (Lipinski definition) is 1. The Bertz CT molecular complexity index is 433. The van der Waals surface area contributed by atoms with Gasteiger partial charge in [-0.1, -0.05) is 6.07 Å². The first-order valence-corrected chi connectivity index (χ1v) is 5.23. The Balaban J connectivity index is 2.88. The lowest BCUT2D eigenvalue weighted by atomic mass is 10.2. The van der Waals surface area contributed by atoms with Crippen molar-refractivity contribution >= 4 is 43.0 Å². The first kappa shape index (κ1) is 8.08. The van der Waals surface area contributed by atoms with Crippen LogP contribution in [0.1, 0.15) is 5.56 Å². The molecule has 0 amide bonds. The maximum atomic E-state index is 5.86. The number of aryl methyl sites for hydroxylation is 1. The van der Waals surface area contributed by atoms with E-state index in [1.165, 1.54) is 15.6 Å². The topological polar surface area (TPSA) is 26.0 Å². The lowest BCUT2D eigenvalue weighted by molar-refractivity contribution is 1.51. The zero-order valence-corrected chi connectivity index (χ0v) is 9.00. The predicted molar refractivity (Wildman–Crippen MR) is 58.7 cm³/mol. The molecular formula is C9H8BrNS. The number of fused-ring (bicyclic) bond motifs is 1. The molecule has 0 aliphatic rings. The van der Waals surface area contributed by atoms with Gasteiger partial charge in [-0.25, -0.2) is 0 Å². The van der Waals surface area contributed by atoms with E-state index in [4.69, 9.17) is 5.73 Å². The van der Waals surface area contributed by atoms with Gasteiger partial charge in [-0.3, -0.25) is 0 Å². The van der Waals surface area contributed by atoms with E-state index < -0.39 is 0 Å². The van der Waals surface area contributed by atoms with Crippen molar-refractivity contribution in [1.29, 1.82) is 0 Å². The molecule has 0 saturated carbocycles. The number of hydrogen-bond acceptors (Lipinski definition) is 2. The fourth-order valence-electron chi connectivity index (χ4n) is 1.30. The van der Waals surface area contributed by atoms with Gasteiger partial charge in [-0.05, 0) is 45.9 Å². The first-order valence-electron chi connectivity index (χ1n) is 3.62. The molecule has 0 fully saturated rings. The molecule has 1 aromatic carbocycles. The number of anilines is 1. The molecule has 0 unspecified atom stereocenters. The van der Waals surface area contributed by atoms with Crippen molar-refractivity contribution in [3.63, 3.8) is 0 Å². The van der Waals surface area contributed by atoms with Crippen molar-refractivity contribution in [2.45, 2.75) is 6.92 Å². The molecule has 0 radical (unpaired) electrons. The largest absolute Gasteiger partial charge is 0.398 e. The summed E-state index contributed by atoms with van der Waals surface area (Å²) in [4.78, 5) is 0. The quantitative estimate of drug-likeness (QED) is 0.702. The minimum atomic E-state index is 0.876. The molecule has 0 atom stereocenters. The van der Waals surface area contributed by atoms with Gasteiger partial charge in [0.2, 0.25) is 0 Å². The number of nitrogens with two attached hydrogens (primary N) is 1. The fraction of sp³-hybridized carbons (Fsp3) is 0.111. The maximum Gasteiger partial charge on any atom is 0.0711 e. The van der Waals surface area contributed by atoms with Crippen LogP contribution in [0.5, 0.6) is 0 Å². The molecule has 0 bridgehead atoms. The molecule has 1 aromatic heterocycles. The molecule has 1 nitrogen and oxygen atoms in total. The third-order valence-electron chi connectivity index (χ3n) is 1.76. The van der Waals surface area contributed by atoms with E-state index in [2.05, 4.69) is 35.0 Å². The minimum Gasteiger partial charge on any atom is -0.398 e. The maximum absolute atomic E-state index is 5.86. The van der Waals surface area contributed by atoms with Crippen LogP contribution >= 0.6 is 27.3 Å². The predicted octanol–water partition coefficient (Wildman–Crippen LogP) is 3.55. The summed E-state index contributed by atoms with van der Waals surface area (Å²) in [6.07, 6.45) is 0. The molecular weight excluding hydrogens is 234 g/mol. The minimum absolute atomic E-state index is 0.876. The normalized spacial score (nSPS) is 10.8. The number of thiophene rings is 1. The molecule has 12 heavy (non-hydrogen) atoms. The van der Waals surface area contributed by atoms with E-state index in [1.54, 1.807) is 11.3 Å². The second kappa shape index (κ2) is 2.75. The molecule has 62 valence electrons. The van der Waals surface area contributed by atoms with Gasteiger partial charge in [0.15, 0.2) is 0 Å². The molecule has 0 aliphatic heterocycles. The van der Waals surface area contributed by atoms with Gasteiger partial charge in [0.25, 0.3) is 0 Å². The highest BCUT2D eigenvalue weighted by Crippen LogP contribution is 2.34. The van der Waals surface area contributed by atoms with Gasteiger partial charge in [-0.2, -0.15) is 0 Å². The molecule has 0 saturated heterocycles. The highest BCUT2D eigenvalue weighted by Gasteiger charge is 2.02. The van der Waals surface area contributed by atoms with Gasteiger partial charge < -0.3 is 5.73 Å². The zero-order chi connectivity index (χ0) is 8.72. The Morgan fingerprint density at radius 2 is 2.08 bits per heavy atom. The molecule has 3 heteroatoms. The van der Waals surface area contributed by atoms with Crippen molar-refractivity contribution < 1.29 is 0 Å². The summed E-state index contributed by atoms with van der Waals surface area (Å²) in [5.74, 6) is 0. The third-order valence-corrected chi connectivity index (χ3v) is 3.46. The summed E-state index contributed by atoms with van der Waals surface area (Å²) in [5, 5.41) is 1.23. The second-order valence-electron chi connectivity index (χ2n) is 2.82. The van der Waals surface area contributed by atoms with Crippen LogP contribution in [-0.4, -0.2) is 0 Å². The Labute approximate surface area is 83.3 Å². The molecule has 2 N–H and O–H groups in total. The van der Waals surface area contributed by atoms with E-state index in [0.717, 1.165) is 9.47 Å². The Kier molecular flexibility index (Phi) is 1.85. The van der Waals surface area contributed by atoms with Crippen molar-refractivity contribution in [2.75, 3.05) is 5.73 Å². The van der Waals surface area contributed by atoms with Crippen LogP contribution in [0.3, 0.4) is 0 Å². The van der Waals surface area contributed by atoms with Gasteiger partial charge in [0, 0.05) is 5.69 Å². The van der Waals surface area contributed by atoms with Crippen LogP contribution in [0.25, 0.3) is 10.1 Å². The number of benzene rings is 1. The second-order valence-corrected chi connectivity index (χ2v) is 5.25. The van der Waals surface area contributed by atoms with Crippen molar-refractivity contribution in [1.82, 2.24) is 0 Å². The lowest BCUT2D eigenvalue weighted by Gasteiger charge is -1.97. The highest BCUT2D eigenvalue weighted by molar-refractivity contribution is 9.11. The summed E-state index contributed by atoms with van der Waals surface area (Å²) < 4.78 is 2.31. The average molecular weight is 242 g/mol. The van der Waals surface area contributed by atoms with Crippen molar-refractivity contribution in [2.24, 2.45) is 0 Å². The lowest BCUT2D eigenvalue weighted by Crippen LogP contribution is -1.84. The monoisotopic (exact) mass is 241 g/mol. The highest BCUT2D eigenvalue weighted by atomic mass is 79.9. The summed E-state index contributed by atoms with van der Waals surface area (Å²) in [5.41, 5.74) is 7.95.